The summed E-state index contributed by atoms with van der Waals surface area (Å²) in [5, 5.41) is 0. The highest BCUT2D eigenvalue weighted by Gasteiger charge is 2.31. The molecule has 1 fully saturated rings. The molecule has 1 saturated heterocycles. The smallest absolute Gasteiger partial charge is 0.150 e. The molecule has 0 radical (unpaired) electrons. The van der Waals surface area contributed by atoms with Crippen LogP contribution in [-0.2, 0) is 16.3 Å². The van der Waals surface area contributed by atoms with Gasteiger partial charge in [0, 0.05) is 18.4 Å². The van der Waals surface area contributed by atoms with Gasteiger partial charge in [-0.3, -0.25) is 4.98 Å². The highest BCUT2D eigenvalue weighted by Crippen LogP contribution is 2.22. The van der Waals surface area contributed by atoms with E-state index in [2.05, 4.69) is 4.98 Å². The predicted octanol–water partition coefficient (Wildman–Crippen LogP) is 0.386. The van der Waals surface area contributed by atoms with Gasteiger partial charge in [0.15, 0.2) is 9.84 Å². The second-order valence-electron chi connectivity index (χ2n) is 4.39. The number of rotatable bonds is 3. The first-order chi connectivity index (χ1) is 7.57. The van der Waals surface area contributed by atoms with E-state index < -0.39 is 9.84 Å². The first-order valence-corrected chi connectivity index (χ1v) is 7.24. The second kappa shape index (κ2) is 4.51. The lowest BCUT2D eigenvalue weighted by Crippen LogP contribution is -2.33. The minimum absolute atomic E-state index is 0.0697. The Morgan fingerprint density at radius 2 is 2.12 bits per heavy atom. The zero-order chi connectivity index (χ0) is 11.6. The van der Waals surface area contributed by atoms with Crippen molar-refractivity contribution in [3.05, 3.63) is 30.1 Å². The minimum atomic E-state index is -2.83. The van der Waals surface area contributed by atoms with Gasteiger partial charge in [0.2, 0.25) is 0 Å². The van der Waals surface area contributed by atoms with Gasteiger partial charge < -0.3 is 5.73 Å². The van der Waals surface area contributed by atoms with Gasteiger partial charge in [-0.05, 0) is 36.5 Å². The predicted molar refractivity (Wildman–Crippen MR) is 62.7 cm³/mol. The molecule has 2 unspecified atom stereocenters. The van der Waals surface area contributed by atoms with Gasteiger partial charge in [-0.15, -0.1) is 0 Å². The van der Waals surface area contributed by atoms with Crippen molar-refractivity contribution in [2.75, 3.05) is 11.5 Å². The Bertz CT molecular complexity index is 444. The summed E-state index contributed by atoms with van der Waals surface area (Å²) in [6, 6.07) is 3.77. The number of hydrogen-bond donors (Lipinski definition) is 1. The van der Waals surface area contributed by atoms with E-state index in [1.807, 2.05) is 12.1 Å². The van der Waals surface area contributed by atoms with E-state index in [0.29, 0.717) is 12.2 Å². The maximum Gasteiger partial charge on any atom is 0.150 e. The van der Waals surface area contributed by atoms with E-state index in [9.17, 15) is 8.42 Å². The molecule has 0 spiro atoms. The Labute approximate surface area is 95.8 Å². The monoisotopic (exact) mass is 240 g/mol. The third-order valence-corrected chi connectivity index (χ3v) is 4.89. The fourth-order valence-corrected chi connectivity index (χ4v) is 4.01. The largest absolute Gasteiger partial charge is 0.327 e. The molecule has 2 heterocycles. The summed E-state index contributed by atoms with van der Waals surface area (Å²) in [6.07, 6.45) is 4.89. The SMILES string of the molecule is NC(Cc1ccncc1)C1CCS(=O)(=O)C1. The van der Waals surface area contributed by atoms with Crippen LogP contribution in [0.1, 0.15) is 12.0 Å². The van der Waals surface area contributed by atoms with Crippen LogP contribution in [0, 0.1) is 5.92 Å². The van der Waals surface area contributed by atoms with Crippen LogP contribution in [0.25, 0.3) is 0 Å². The zero-order valence-corrected chi connectivity index (χ0v) is 9.86. The molecule has 88 valence electrons. The Hall–Kier alpha value is -0.940. The van der Waals surface area contributed by atoms with Gasteiger partial charge in [0.05, 0.1) is 11.5 Å². The minimum Gasteiger partial charge on any atom is -0.327 e. The van der Waals surface area contributed by atoms with Crippen molar-refractivity contribution < 1.29 is 8.42 Å². The van der Waals surface area contributed by atoms with Gasteiger partial charge in [0.25, 0.3) is 0 Å². The lowest BCUT2D eigenvalue weighted by molar-refractivity contribution is 0.461. The van der Waals surface area contributed by atoms with E-state index >= 15 is 0 Å². The van der Waals surface area contributed by atoms with Crippen molar-refractivity contribution in [2.45, 2.75) is 18.9 Å². The first-order valence-electron chi connectivity index (χ1n) is 5.42. The lowest BCUT2D eigenvalue weighted by Gasteiger charge is -2.17. The van der Waals surface area contributed by atoms with Crippen LogP contribution in [0.5, 0.6) is 0 Å². The molecule has 0 bridgehead atoms. The zero-order valence-electron chi connectivity index (χ0n) is 9.04. The molecule has 2 N–H and O–H groups in total. The number of nitrogens with zero attached hydrogens (tertiary/aromatic N) is 1. The Kier molecular flexibility index (Phi) is 3.25. The summed E-state index contributed by atoms with van der Waals surface area (Å²) < 4.78 is 22.7. The number of pyridine rings is 1. The number of sulfone groups is 1. The van der Waals surface area contributed by atoms with Crippen molar-refractivity contribution in [2.24, 2.45) is 11.7 Å². The molecule has 0 aromatic carbocycles. The van der Waals surface area contributed by atoms with Crippen molar-refractivity contribution in [3.8, 4) is 0 Å². The van der Waals surface area contributed by atoms with Gasteiger partial charge in [-0.1, -0.05) is 0 Å². The van der Waals surface area contributed by atoms with Gasteiger partial charge in [-0.25, -0.2) is 8.42 Å². The Morgan fingerprint density at radius 3 is 2.69 bits per heavy atom. The summed E-state index contributed by atoms with van der Waals surface area (Å²) in [6.45, 7) is 0. The maximum absolute atomic E-state index is 11.3. The van der Waals surface area contributed by atoms with Crippen molar-refractivity contribution in [1.29, 1.82) is 0 Å². The molecular formula is C11H16N2O2S. The van der Waals surface area contributed by atoms with Crippen LogP contribution >= 0.6 is 0 Å². The average molecular weight is 240 g/mol. The molecule has 1 aromatic heterocycles. The van der Waals surface area contributed by atoms with Crippen molar-refractivity contribution in [1.82, 2.24) is 4.98 Å². The maximum atomic E-state index is 11.3. The lowest BCUT2D eigenvalue weighted by atomic mass is 9.94. The fraction of sp³-hybridized carbons (Fsp3) is 0.545. The highest BCUT2D eigenvalue weighted by molar-refractivity contribution is 7.91. The van der Waals surface area contributed by atoms with E-state index in [1.165, 1.54) is 0 Å². The van der Waals surface area contributed by atoms with Gasteiger partial charge in [-0.2, -0.15) is 0 Å². The topological polar surface area (TPSA) is 73.0 Å². The number of nitrogens with two attached hydrogens (primary N) is 1. The highest BCUT2D eigenvalue weighted by atomic mass is 32.2. The van der Waals surface area contributed by atoms with Crippen LogP contribution in [0.15, 0.2) is 24.5 Å². The molecule has 4 nitrogen and oxygen atoms in total. The summed E-state index contributed by atoms with van der Waals surface area (Å²) in [4.78, 5) is 3.94. The third kappa shape index (κ3) is 2.80. The van der Waals surface area contributed by atoms with E-state index in [-0.39, 0.29) is 17.7 Å². The second-order valence-corrected chi connectivity index (χ2v) is 6.62. The molecule has 5 heteroatoms. The first kappa shape index (κ1) is 11.5. The van der Waals surface area contributed by atoms with Crippen molar-refractivity contribution in [3.63, 3.8) is 0 Å². The molecule has 16 heavy (non-hydrogen) atoms. The number of aromatic nitrogens is 1. The number of hydrogen-bond acceptors (Lipinski definition) is 4. The molecule has 2 atom stereocenters. The summed E-state index contributed by atoms with van der Waals surface area (Å²) >= 11 is 0. The normalized spacial score (nSPS) is 25.4. The standard InChI is InChI=1S/C11H16N2O2S/c12-11(7-9-1-4-13-5-2-9)10-3-6-16(14,15)8-10/h1-2,4-5,10-11H,3,6-8,12H2. The van der Waals surface area contributed by atoms with E-state index in [1.54, 1.807) is 12.4 Å². The average Bonchev–Trinajstić information content (AvgIpc) is 2.60. The molecule has 1 aliphatic heterocycles. The summed E-state index contributed by atoms with van der Waals surface area (Å²) in [5.41, 5.74) is 7.16. The van der Waals surface area contributed by atoms with Gasteiger partial charge >= 0.3 is 0 Å². The third-order valence-electron chi connectivity index (χ3n) is 3.09. The van der Waals surface area contributed by atoms with Crippen molar-refractivity contribution >= 4 is 9.84 Å². The van der Waals surface area contributed by atoms with E-state index in [4.69, 9.17) is 5.73 Å². The molecule has 0 saturated carbocycles. The fourth-order valence-electron chi connectivity index (χ4n) is 2.12. The molecule has 0 amide bonds. The van der Waals surface area contributed by atoms with E-state index in [0.717, 1.165) is 12.0 Å². The Balaban J connectivity index is 1.97. The van der Waals surface area contributed by atoms with Crippen LogP contribution in [0.3, 0.4) is 0 Å². The summed E-state index contributed by atoms with van der Waals surface area (Å²) in [5.74, 6) is 0.652. The van der Waals surface area contributed by atoms with Crippen LogP contribution in [0.4, 0.5) is 0 Å². The van der Waals surface area contributed by atoms with Crippen LogP contribution in [0.2, 0.25) is 0 Å². The van der Waals surface area contributed by atoms with Crippen LogP contribution < -0.4 is 5.73 Å². The van der Waals surface area contributed by atoms with Gasteiger partial charge in [0.1, 0.15) is 0 Å². The molecule has 2 rings (SSSR count). The molecule has 1 aliphatic rings. The quantitative estimate of drug-likeness (QED) is 0.829. The molecule has 0 aliphatic carbocycles. The molecule has 1 aromatic rings. The van der Waals surface area contributed by atoms with Crippen LogP contribution in [-0.4, -0.2) is 30.9 Å². The summed E-state index contributed by atoms with van der Waals surface area (Å²) in [7, 11) is -2.83. The Morgan fingerprint density at radius 1 is 1.44 bits per heavy atom. The molecular weight excluding hydrogens is 224 g/mol.